The molecule has 0 rings (SSSR count). The molecule has 0 aromatic heterocycles. The van der Waals surface area contributed by atoms with E-state index in [-0.39, 0.29) is 18.7 Å². The molecule has 0 bridgehead atoms. The van der Waals surface area contributed by atoms with Crippen LogP contribution in [0.1, 0.15) is 33.6 Å². The summed E-state index contributed by atoms with van der Waals surface area (Å²) in [6.07, 6.45) is -0.434. The van der Waals surface area contributed by atoms with Crippen LogP contribution in [-0.4, -0.2) is 55.7 Å². The van der Waals surface area contributed by atoms with Gasteiger partial charge in [-0.1, -0.05) is 0 Å². The maximum absolute atomic E-state index is 11.6. The van der Waals surface area contributed by atoms with Crippen molar-refractivity contribution in [1.29, 1.82) is 0 Å². The van der Waals surface area contributed by atoms with E-state index in [1.54, 1.807) is 34.9 Å². The lowest BCUT2D eigenvalue weighted by atomic mass is 10.1. The van der Waals surface area contributed by atoms with Gasteiger partial charge in [0.2, 0.25) is 5.91 Å². The number of esters is 1. The van der Waals surface area contributed by atoms with Gasteiger partial charge in [0.15, 0.2) is 0 Å². The van der Waals surface area contributed by atoms with Crippen molar-refractivity contribution in [1.82, 2.24) is 10.2 Å². The fraction of sp³-hybridized carbons (Fsp3) is 0.769. The van der Waals surface area contributed by atoms with Crippen LogP contribution >= 0.6 is 0 Å². The molecule has 0 spiro atoms. The highest BCUT2D eigenvalue weighted by atomic mass is 16.6. The van der Waals surface area contributed by atoms with Gasteiger partial charge in [-0.15, -0.1) is 0 Å². The number of hydrogen-bond donors (Lipinski definition) is 1. The molecule has 2 amide bonds. The van der Waals surface area contributed by atoms with E-state index in [4.69, 9.17) is 4.74 Å². The molecule has 0 aliphatic carbocycles. The standard InChI is InChI=1S/C13H24N2O5/c1-13(2,3)20-12(18)14-9(11(17)19-6)7-8-10(16)15(4)5/h9H,7-8H2,1-6H3,(H,14,18). The third kappa shape index (κ3) is 7.60. The van der Waals surface area contributed by atoms with Gasteiger partial charge in [-0.3, -0.25) is 4.79 Å². The summed E-state index contributed by atoms with van der Waals surface area (Å²) < 4.78 is 9.67. The minimum absolute atomic E-state index is 0.128. The van der Waals surface area contributed by atoms with Crippen LogP contribution < -0.4 is 5.32 Å². The van der Waals surface area contributed by atoms with Gasteiger partial charge in [0, 0.05) is 20.5 Å². The molecule has 0 heterocycles. The third-order valence-corrected chi connectivity index (χ3v) is 2.32. The summed E-state index contributed by atoms with van der Waals surface area (Å²) in [5.41, 5.74) is -0.662. The second kappa shape index (κ2) is 7.72. The quantitative estimate of drug-likeness (QED) is 0.760. The highest BCUT2D eigenvalue weighted by molar-refractivity contribution is 5.82. The number of amides is 2. The fourth-order valence-electron chi connectivity index (χ4n) is 1.33. The summed E-state index contributed by atoms with van der Waals surface area (Å²) in [7, 11) is 4.47. The van der Waals surface area contributed by atoms with Crippen molar-refractivity contribution >= 4 is 18.0 Å². The number of nitrogens with one attached hydrogen (secondary N) is 1. The normalized spacial score (nSPS) is 12.3. The van der Waals surface area contributed by atoms with E-state index >= 15 is 0 Å². The van der Waals surface area contributed by atoms with Crippen molar-refractivity contribution in [3.05, 3.63) is 0 Å². The SMILES string of the molecule is COC(=O)C(CCC(=O)N(C)C)NC(=O)OC(C)(C)C. The van der Waals surface area contributed by atoms with Crippen molar-refractivity contribution in [2.75, 3.05) is 21.2 Å². The lowest BCUT2D eigenvalue weighted by molar-refractivity contribution is -0.143. The first-order valence-corrected chi connectivity index (χ1v) is 6.34. The van der Waals surface area contributed by atoms with Gasteiger partial charge in [0.1, 0.15) is 11.6 Å². The number of rotatable bonds is 5. The van der Waals surface area contributed by atoms with Crippen LogP contribution in [0.15, 0.2) is 0 Å². The van der Waals surface area contributed by atoms with Crippen molar-refractivity contribution in [3.8, 4) is 0 Å². The molecule has 0 fully saturated rings. The molecule has 0 aliphatic rings. The number of alkyl carbamates (subject to hydrolysis) is 1. The average Bonchev–Trinajstić information content (AvgIpc) is 2.30. The second-order valence-corrected chi connectivity index (χ2v) is 5.55. The Bertz CT molecular complexity index is 360. The maximum atomic E-state index is 11.6. The first-order valence-electron chi connectivity index (χ1n) is 6.34. The molecular formula is C13H24N2O5. The number of carbonyl (C=O) groups is 3. The lowest BCUT2D eigenvalue weighted by Gasteiger charge is -2.22. The average molecular weight is 288 g/mol. The molecule has 1 atom stereocenters. The molecule has 0 radical (unpaired) electrons. The van der Waals surface area contributed by atoms with Crippen molar-refractivity contribution in [2.45, 2.75) is 45.3 Å². The molecule has 20 heavy (non-hydrogen) atoms. The van der Waals surface area contributed by atoms with Crippen LogP contribution in [0.3, 0.4) is 0 Å². The molecule has 7 nitrogen and oxygen atoms in total. The molecular weight excluding hydrogens is 264 g/mol. The second-order valence-electron chi connectivity index (χ2n) is 5.55. The zero-order valence-corrected chi connectivity index (χ0v) is 13.0. The van der Waals surface area contributed by atoms with Gasteiger partial charge >= 0.3 is 12.1 Å². The van der Waals surface area contributed by atoms with Crippen LogP contribution in [0, 0.1) is 0 Å². The third-order valence-electron chi connectivity index (χ3n) is 2.32. The van der Waals surface area contributed by atoms with Crippen molar-refractivity contribution < 1.29 is 23.9 Å². The molecule has 0 aliphatic heterocycles. The summed E-state index contributed by atoms with van der Waals surface area (Å²) in [6.45, 7) is 5.15. The predicted octanol–water partition coefficient (Wildman–Crippen LogP) is 0.921. The molecule has 0 aromatic carbocycles. The zero-order chi connectivity index (χ0) is 15.9. The van der Waals surface area contributed by atoms with Gasteiger partial charge in [-0.25, -0.2) is 9.59 Å². The topological polar surface area (TPSA) is 84.9 Å². The van der Waals surface area contributed by atoms with Crippen molar-refractivity contribution in [3.63, 3.8) is 0 Å². The Labute approximate surface area is 119 Å². The van der Waals surface area contributed by atoms with Crippen LogP contribution in [0.2, 0.25) is 0 Å². The van der Waals surface area contributed by atoms with E-state index in [1.807, 2.05) is 0 Å². The molecule has 1 N–H and O–H groups in total. The summed E-state index contributed by atoms with van der Waals surface area (Å²) in [5.74, 6) is -0.743. The van der Waals surface area contributed by atoms with E-state index in [0.29, 0.717) is 0 Å². The zero-order valence-electron chi connectivity index (χ0n) is 13.0. The minimum atomic E-state index is -0.904. The fourth-order valence-corrected chi connectivity index (χ4v) is 1.33. The Morgan fingerprint density at radius 1 is 1.20 bits per heavy atom. The van der Waals surface area contributed by atoms with E-state index in [1.165, 1.54) is 12.0 Å². The van der Waals surface area contributed by atoms with E-state index in [9.17, 15) is 14.4 Å². The molecule has 7 heteroatoms. The number of methoxy groups -OCH3 is 1. The van der Waals surface area contributed by atoms with Gasteiger partial charge < -0.3 is 19.7 Å². The minimum Gasteiger partial charge on any atom is -0.467 e. The number of ether oxygens (including phenoxy) is 2. The molecule has 1 unspecified atom stereocenters. The number of hydrogen-bond acceptors (Lipinski definition) is 5. The van der Waals surface area contributed by atoms with E-state index in [0.717, 1.165) is 0 Å². The largest absolute Gasteiger partial charge is 0.467 e. The Morgan fingerprint density at radius 2 is 1.75 bits per heavy atom. The maximum Gasteiger partial charge on any atom is 0.408 e. The van der Waals surface area contributed by atoms with Crippen LogP contribution in [0.4, 0.5) is 4.79 Å². The van der Waals surface area contributed by atoms with Crippen molar-refractivity contribution in [2.24, 2.45) is 0 Å². The first-order chi connectivity index (χ1) is 9.06. The Morgan fingerprint density at radius 3 is 2.15 bits per heavy atom. The first kappa shape index (κ1) is 18.2. The summed E-state index contributed by atoms with van der Waals surface area (Å²) >= 11 is 0. The van der Waals surface area contributed by atoms with Gasteiger partial charge in [0.25, 0.3) is 0 Å². The Balaban J connectivity index is 4.54. The highest BCUT2D eigenvalue weighted by Gasteiger charge is 2.25. The number of nitrogens with zero attached hydrogens (tertiary/aromatic N) is 1. The smallest absolute Gasteiger partial charge is 0.408 e. The summed E-state index contributed by atoms with van der Waals surface area (Å²) in [4.78, 5) is 36.1. The highest BCUT2D eigenvalue weighted by Crippen LogP contribution is 2.08. The summed E-state index contributed by atoms with van der Waals surface area (Å²) in [5, 5.41) is 2.41. The monoisotopic (exact) mass is 288 g/mol. The molecule has 0 aromatic rings. The number of carbonyl (C=O) groups excluding carboxylic acids is 3. The van der Waals surface area contributed by atoms with Gasteiger partial charge in [0.05, 0.1) is 7.11 Å². The van der Waals surface area contributed by atoms with Crippen LogP contribution in [0.5, 0.6) is 0 Å². The van der Waals surface area contributed by atoms with Crippen LogP contribution in [0.25, 0.3) is 0 Å². The molecule has 116 valence electrons. The molecule has 0 saturated heterocycles. The van der Waals surface area contributed by atoms with E-state index < -0.39 is 23.7 Å². The summed E-state index contributed by atoms with van der Waals surface area (Å²) in [6, 6.07) is -0.904. The van der Waals surface area contributed by atoms with E-state index in [2.05, 4.69) is 10.1 Å². The lowest BCUT2D eigenvalue weighted by Crippen LogP contribution is -2.44. The van der Waals surface area contributed by atoms with Crippen LogP contribution in [-0.2, 0) is 19.1 Å². The Hall–Kier alpha value is -1.79. The Kier molecular flexibility index (Phi) is 7.02. The molecule has 0 saturated carbocycles. The predicted molar refractivity (Wildman–Crippen MR) is 73.1 cm³/mol. The van der Waals surface area contributed by atoms with Gasteiger partial charge in [-0.05, 0) is 27.2 Å². The van der Waals surface area contributed by atoms with Gasteiger partial charge in [-0.2, -0.15) is 0 Å².